The monoisotopic (exact) mass is 171 g/mol. The minimum absolute atomic E-state index is 0.791. The molecule has 0 unspecified atom stereocenters. The Morgan fingerprint density at radius 3 is 2.45 bits per heavy atom. The fourth-order valence-corrected chi connectivity index (χ4v) is 3.48. The molecule has 1 saturated heterocycles. The lowest BCUT2D eigenvalue weighted by atomic mass is 9.63. The van der Waals surface area contributed by atoms with E-state index in [1.165, 1.54) is 38.8 Å². The SMILES string of the molecule is CSC1CC2(CCNCC2)C1. The highest BCUT2D eigenvalue weighted by Gasteiger charge is 2.43. The normalized spacial score (nSPS) is 30.3. The van der Waals surface area contributed by atoms with Crippen molar-refractivity contribution in [2.45, 2.75) is 30.9 Å². The summed E-state index contributed by atoms with van der Waals surface area (Å²) < 4.78 is 0. The van der Waals surface area contributed by atoms with Crippen LogP contribution in [0, 0.1) is 5.41 Å². The van der Waals surface area contributed by atoms with Crippen molar-refractivity contribution in [1.82, 2.24) is 5.32 Å². The molecule has 0 aromatic heterocycles. The number of thioether (sulfide) groups is 1. The second kappa shape index (κ2) is 2.98. The molecular formula is C9H17NS. The van der Waals surface area contributed by atoms with Gasteiger partial charge in [0.05, 0.1) is 0 Å². The van der Waals surface area contributed by atoms with Gasteiger partial charge in [0.1, 0.15) is 0 Å². The maximum atomic E-state index is 3.43. The molecule has 2 heteroatoms. The second-order valence-corrected chi connectivity index (χ2v) is 5.15. The van der Waals surface area contributed by atoms with E-state index < -0.39 is 0 Å². The van der Waals surface area contributed by atoms with Gasteiger partial charge in [-0.3, -0.25) is 0 Å². The van der Waals surface area contributed by atoms with Crippen molar-refractivity contribution >= 4 is 11.8 Å². The van der Waals surface area contributed by atoms with E-state index in [4.69, 9.17) is 0 Å². The molecule has 0 amide bonds. The molecule has 64 valence electrons. The lowest BCUT2D eigenvalue weighted by molar-refractivity contribution is 0.0942. The summed E-state index contributed by atoms with van der Waals surface area (Å²) in [6, 6.07) is 0. The molecular weight excluding hydrogens is 154 g/mol. The van der Waals surface area contributed by atoms with E-state index in [0.717, 1.165) is 10.7 Å². The molecule has 1 aliphatic heterocycles. The molecule has 0 bridgehead atoms. The molecule has 1 nitrogen and oxygen atoms in total. The van der Waals surface area contributed by atoms with Gasteiger partial charge in [0.2, 0.25) is 0 Å². The Morgan fingerprint density at radius 1 is 1.27 bits per heavy atom. The summed E-state index contributed by atoms with van der Waals surface area (Å²) in [5, 5.41) is 4.43. The van der Waals surface area contributed by atoms with E-state index in [-0.39, 0.29) is 0 Å². The van der Waals surface area contributed by atoms with Gasteiger partial charge in [0.15, 0.2) is 0 Å². The van der Waals surface area contributed by atoms with Crippen LogP contribution in [-0.2, 0) is 0 Å². The molecule has 0 aromatic carbocycles. The molecule has 11 heavy (non-hydrogen) atoms. The number of nitrogens with one attached hydrogen (secondary N) is 1. The van der Waals surface area contributed by atoms with Gasteiger partial charge in [-0.1, -0.05) is 0 Å². The van der Waals surface area contributed by atoms with Gasteiger partial charge >= 0.3 is 0 Å². The largest absolute Gasteiger partial charge is 0.317 e. The predicted molar refractivity (Wildman–Crippen MR) is 51.1 cm³/mol. The minimum Gasteiger partial charge on any atom is -0.317 e. The molecule has 0 aromatic rings. The zero-order valence-electron chi connectivity index (χ0n) is 7.23. The van der Waals surface area contributed by atoms with Crippen LogP contribution in [0.15, 0.2) is 0 Å². The van der Waals surface area contributed by atoms with E-state index in [2.05, 4.69) is 23.3 Å². The first-order valence-electron chi connectivity index (χ1n) is 4.58. The van der Waals surface area contributed by atoms with E-state index >= 15 is 0 Å². The Hall–Kier alpha value is 0.310. The van der Waals surface area contributed by atoms with E-state index in [0.29, 0.717) is 0 Å². The molecule has 1 aliphatic carbocycles. The number of hydrogen-bond donors (Lipinski definition) is 1. The van der Waals surface area contributed by atoms with Crippen molar-refractivity contribution in [3.8, 4) is 0 Å². The first-order chi connectivity index (χ1) is 5.35. The van der Waals surface area contributed by atoms with Gasteiger partial charge in [-0.25, -0.2) is 0 Å². The second-order valence-electron chi connectivity index (χ2n) is 4.02. The summed E-state index contributed by atoms with van der Waals surface area (Å²) in [4.78, 5) is 0. The zero-order valence-corrected chi connectivity index (χ0v) is 8.04. The number of piperidine rings is 1. The summed E-state index contributed by atoms with van der Waals surface area (Å²) in [6.45, 7) is 2.53. The van der Waals surface area contributed by atoms with Crippen LogP contribution in [0.5, 0.6) is 0 Å². The number of rotatable bonds is 1. The third kappa shape index (κ3) is 1.43. The first-order valence-corrected chi connectivity index (χ1v) is 5.87. The Bertz CT molecular complexity index is 132. The quantitative estimate of drug-likeness (QED) is 0.646. The Labute approximate surface area is 73.3 Å². The smallest absolute Gasteiger partial charge is 0.00548 e. The van der Waals surface area contributed by atoms with Crippen molar-refractivity contribution in [3.63, 3.8) is 0 Å². The first kappa shape index (κ1) is 7.93. The standard InChI is InChI=1S/C9H17NS/c1-11-8-6-9(7-8)2-4-10-5-3-9/h8,10H,2-7H2,1H3. The molecule has 0 radical (unpaired) electrons. The highest BCUT2D eigenvalue weighted by atomic mass is 32.2. The van der Waals surface area contributed by atoms with Gasteiger partial charge in [0, 0.05) is 5.25 Å². The van der Waals surface area contributed by atoms with Crippen LogP contribution < -0.4 is 5.32 Å². The van der Waals surface area contributed by atoms with Crippen molar-refractivity contribution in [2.24, 2.45) is 5.41 Å². The number of hydrogen-bond acceptors (Lipinski definition) is 2. The highest BCUT2D eigenvalue weighted by Crippen LogP contribution is 2.51. The van der Waals surface area contributed by atoms with E-state index in [1.807, 2.05) is 0 Å². The minimum atomic E-state index is 0.791. The summed E-state index contributed by atoms with van der Waals surface area (Å²) >= 11 is 2.06. The van der Waals surface area contributed by atoms with Gasteiger partial charge in [-0.2, -0.15) is 11.8 Å². The van der Waals surface area contributed by atoms with Gasteiger partial charge in [-0.15, -0.1) is 0 Å². The molecule has 0 atom stereocenters. The topological polar surface area (TPSA) is 12.0 Å². The molecule has 1 spiro atoms. The molecule has 1 N–H and O–H groups in total. The third-order valence-electron chi connectivity index (χ3n) is 3.32. The van der Waals surface area contributed by atoms with E-state index in [1.54, 1.807) is 0 Å². The van der Waals surface area contributed by atoms with Gasteiger partial charge in [-0.05, 0) is 50.4 Å². The molecule has 2 fully saturated rings. The summed E-state index contributed by atoms with van der Waals surface area (Å²) in [5.74, 6) is 0. The van der Waals surface area contributed by atoms with Crippen molar-refractivity contribution in [3.05, 3.63) is 0 Å². The zero-order chi connectivity index (χ0) is 7.73. The fourth-order valence-electron chi connectivity index (χ4n) is 2.44. The lowest BCUT2D eigenvalue weighted by Crippen LogP contribution is -2.46. The van der Waals surface area contributed by atoms with Crippen LogP contribution in [-0.4, -0.2) is 24.6 Å². The molecule has 1 heterocycles. The highest BCUT2D eigenvalue weighted by molar-refractivity contribution is 7.99. The molecule has 2 rings (SSSR count). The van der Waals surface area contributed by atoms with Crippen LogP contribution in [0.4, 0.5) is 0 Å². The average molecular weight is 171 g/mol. The van der Waals surface area contributed by atoms with Gasteiger partial charge in [0.25, 0.3) is 0 Å². The Balaban J connectivity index is 1.84. The van der Waals surface area contributed by atoms with Crippen LogP contribution in [0.3, 0.4) is 0 Å². The van der Waals surface area contributed by atoms with Crippen LogP contribution in [0.1, 0.15) is 25.7 Å². The van der Waals surface area contributed by atoms with Crippen molar-refractivity contribution in [1.29, 1.82) is 0 Å². The summed E-state index contributed by atoms with van der Waals surface area (Å²) in [7, 11) is 0. The fraction of sp³-hybridized carbons (Fsp3) is 1.00. The Morgan fingerprint density at radius 2 is 1.91 bits per heavy atom. The van der Waals surface area contributed by atoms with Crippen molar-refractivity contribution in [2.75, 3.05) is 19.3 Å². The summed E-state index contributed by atoms with van der Waals surface area (Å²) in [6.07, 6.45) is 8.11. The average Bonchev–Trinajstić information content (AvgIpc) is 2.01. The van der Waals surface area contributed by atoms with Crippen LogP contribution >= 0.6 is 11.8 Å². The van der Waals surface area contributed by atoms with Crippen molar-refractivity contribution < 1.29 is 0 Å². The van der Waals surface area contributed by atoms with E-state index in [9.17, 15) is 0 Å². The maximum Gasteiger partial charge on any atom is 0.00548 e. The Kier molecular flexibility index (Phi) is 2.15. The molecule has 2 aliphatic rings. The molecule has 1 saturated carbocycles. The lowest BCUT2D eigenvalue weighted by Gasteiger charge is -2.49. The third-order valence-corrected chi connectivity index (χ3v) is 4.32. The maximum absolute atomic E-state index is 3.43. The summed E-state index contributed by atoms with van der Waals surface area (Å²) in [5.41, 5.74) is 0.791. The predicted octanol–water partition coefficient (Wildman–Crippen LogP) is 1.88. The van der Waals surface area contributed by atoms with Crippen LogP contribution in [0.25, 0.3) is 0 Å². The van der Waals surface area contributed by atoms with Gasteiger partial charge < -0.3 is 5.32 Å². The van der Waals surface area contributed by atoms with Crippen LogP contribution in [0.2, 0.25) is 0 Å².